The molecule has 0 saturated carbocycles. The Morgan fingerprint density at radius 1 is 1.24 bits per heavy atom. The van der Waals surface area contributed by atoms with Crippen molar-refractivity contribution in [2.24, 2.45) is 0 Å². The maximum absolute atomic E-state index is 4.43. The summed E-state index contributed by atoms with van der Waals surface area (Å²) >= 11 is 0. The van der Waals surface area contributed by atoms with Gasteiger partial charge in [-0.2, -0.15) is 0 Å². The SMILES string of the molecule is Cc1nc2ccc(NCc3cccc4c3NCC4)cc2[nH]1. The van der Waals surface area contributed by atoms with E-state index in [-0.39, 0.29) is 0 Å². The summed E-state index contributed by atoms with van der Waals surface area (Å²) in [6.07, 6.45) is 1.13. The summed E-state index contributed by atoms with van der Waals surface area (Å²) in [5, 5.41) is 6.99. The van der Waals surface area contributed by atoms with Gasteiger partial charge in [-0.3, -0.25) is 0 Å². The van der Waals surface area contributed by atoms with Crippen LogP contribution in [0, 0.1) is 6.92 Å². The highest BCUT2D eigenvalue weighted by molar-refractivity contribution is 5.79. The fourth-order valence-electron chi connectivity index (χ4n) is 3.00. The van der Waals surface area contributed by atoms with Gasteiger partial charge < -0.3 is 15.6 Å². The number of aromatic amines is 1. The number of benzene rings is 2. The molecule has 3 N–H and O–H groups in total. The van der Waals surface area contributed by atoms with E-state index in [4.69, 9.17) is 0 Å². The van der Waals surface area contributed by atoms with Gasteiger partial charge in [-0.05, 0) is 42.7 Å². The number of hydrogen-bond donors (Lipinski definition) is 3. The number of nitrogens with zero attached hydrogens (tertiary/aromatic N) is 1. The summed E-state index contributed by atoms with van der Waals surface area (Å²) in [6, 6.07) is 12.8. The van der Waals surface area contributed by atoms with Crippen molar-refractivity contribution in [3.63, 3.8) is 0 Å². The summed E-state index contributed by atoms with van der Waals surface area (Å²) in [6.45, 7) is 3.85. The zero-order valence-corrected chi connectivity index (χ0v) is 12.0. The summed E-state index contributed by atoms with van der Waals surface area (Å²) in [4.78, 5) is 7.70. The van der Waals surface area contributed by atoms with Gasteiger partial charge in [-0.25, -0.2) is 4.98 Å². The van der Waals surface area contributed by atoms with Gasteiger partial charge in [0.1, 0.15) is 5.82 Å². The van der Waals surface area contributed by atoms with Crippen molar-refractivity contribution in [2.75, 3.05) is 17.2 Å². The van der Waals surface area contributed by atoms with E-state index >= 15 is 0 Å². The first-order valence-electron chi connectivity index (χ1n) is 7.34. The zero-order chi connectivity index (χ0) is 14.2. The first-order valence-corrected chi connectivity index (χ1v) is 7.34. The minimum atomic E-state index is 0.828. The minimum Gasteiger partial charge on any atom is -0.384 e. The average Bonchev–Trinajstić information content (AvgIpc) is 3.09. The normalized spacial score (nSPS) is 13.2. The molecule has 0 radical (unpaired) electrons. The van der Waals surface area contributed by atoms with Crippen molar-refractivity contribution in [2.45, 2.75) is 19.9 Å². The molecule has 0 amide bonds. The van der Waals surface area contributed by atoms with Crippen LogP contribution in [0.4, 0.5) is 11.4 Å². The molecule has 3 aromatic rings. The summed E-state index contributed by atoms with van der Waals surface area (Å²) in [5.74, 6) is 0.951. The highest BCUT2D eigenvalue weighted by Gasteiger charge is 2.13. The Morgan fingerprint density at radius 3 is 3.14 bits per heavy atom. The Labute approximate surface area is 123 Å². The number of rotatable bonds is 3. The number of anilines is 2. The molecule has 0 fully saturated rings. The van der Waals surface area contributed by atoms with Crippen LogP contribution in [-0.2, 0) is 13.0 Å². The van der Waals surface area contributed by atoms with Crippen molar-refractivity contribution in [1.82, 2.24) is 9.97 Å². The van der Waals surface area contributed by atoms with Crippen LogP contribution in [0.3, 0.4) is 0 Å². The maximum atomic E-state index is 4.43. The Hall–Kier alpha value is -2.49. The average molecular weight is 278 g/mol. The summed E-state index contributed by atoms with van der Waals surface area (Å²) in [7, 11) is 0. The smallest absolute Gasteiger partial charge is 0.104 e. The molecular formula is C17H18N4. The van der Waals surface area contributed by atoms with Crippen LogP contribution in [0.2, 0.25) is 0 Å². The second kappa shape index (κ2) is 4.81. The van der Waals surface area contributed by atoms with Gasteiger partial charge in [0.15, 0.2) is 0 Å². The molecule has 1 aliphatic rings. The van der Waals surface area contributed by atoms with Gasteiger partial charge >= 0.3 is 0 Å². The van der Waals surface area contributed by atoms with Crippen molar-refractivity contribution >= 4 is 22.4 Å². The quantitative estimate of drug-likeness (QED) is 0.688. The molecule has 1 aromatic heterocycles. The fourth-order valence-corrected chi connectivity index (χ4v) is 3.00. The van der Waals surface area contributed by atoms with E-state index in [1.165, 1.54) is 16.8 Å². The van der Waals surface area contributed by atoms with Crippen molar-refractivity contribution in [1.29, 1.82) is 0 Å². The van der Waals surface area contributed by atoms with E-state index in [0.717, 1.165) is 42.1 Å². The van der Waals surface area contributed by atoms with E-state index in [0.29, 0.717) is 0 Å². The third kappa shape index (κ3) is 2.23. The van der Waals surface area contributed by atoms with Gasteiger partial charge in [-0.15, -0.1) is 0 Å². The number of hydrogen-bond acceptors (Lipinski definition) is 3. The predicted octanol–water partition coefficient (Wildman–Crippen LogP) is 3.45. The molecular weight excluding hydrogens is 260 g/mol. The molecule has 0 aliphatic carbocycles. The van der Waals surface area contributed by atoms with Gasteiger partial charge in [0.2, 0.25) is 0 Å². The summed E-state index contributed by atoms with van der Waals surface area (Å²) in [5.41, 5.74) is 7.26. The molecule has 0 unspecified atom stereocenters. The van der Waals surface area contributed by atoms with Gasteiger partial charge in [0.05, 0.1) is 11.0 Å². The van der Waals surface area contributed by atoms with Crippen LogP contribution in [-0.4, -0.2) is 16.5 Å². The van der Waals surface area contributed by atoms with Crippen LogP contribution < -0.4 is 10.6 Å². The number of fused-ring (bicyclic) bond motifs is 2. The van der Waals surface area contributed by atoms with Crippen molar-refractivity contribution in [3.8, 4) is 0 Å². The first-order chi connectivity index (χ1) is 10.3. The van der Waals surface area contributed by atoms with Crippen molar-refractivity contribution < 1.29 is 0 Å². The lowest BCUT2D eigenvalue weighted by Crippen LogP contribution is -2.03. The third-order valence-electron chi connectivity index (χ3n) is 4.02. The molecule has 0 spiro atoms. The second-order valence-corrected chi connectivity index (χ2v) is 5.54. The molecule has 4 rings (SSSR count). The number of aryl methyl sites for hydroxylation is 1. The van der Waals surface area contributed by atoms with E-state index < -0.39 is 0 Å². The third-order valence-corrected chi connectivity index (χ3v) is 4.02. The number of para-hydroxylation sites is 1. The van der Waals surface area contributed by atoms with Crippen LogP contribution in [0.1, 0.15) is 17.0 Å². The Bertz CT molecular complexity index is 804. The van der Waals surface area contributed by atoms with Crippen LogP contribution >= 0.6 is 0 Å². The van der Waals surface area contributed by atoms with Gasteiger partial charge in [0.25, 0.3) is 0 Å². The minimum absolute atomic E-state index is 0.828. The first kappa shape index (κ1) is 12.3. The molecule has 4 nitrogen and oxygen atoms in total. The molecule has 2 heterocycles. The number of nitrogens with one attached hydrogen (secondary N) is 3. The predicted molar refractivity (Wildman–Crippen MR) is 86.8 cm³/mol. The maximum Gasteiger partial charge on any atom is 0.104 e. The van der Waals surface area contributed by atoms with Crippen LogP contribution in [0.15, 0.2) is 36.4 Å². The topological polar surface area (TPSA) is 52.7 Å². The summed E-state index contributed by atoms with van der Waals surface area (Å²) < 4.78 is 0. The number of imidazole rings is 1. The van der Waals surface area contributed by atoms with Gasteiger partial charge in [0, 0.05) is 24.5 Å². The molecule has 2 aromatic carbocycles. The Kier molecular flexibility index (Phi) is 2.81. The molecule has 21 heavy (non-hydrogen) atoms. The molecule has 0 bridgehead atoms. The molecule has 106 valence electrons. The Morgan fingerprint density at radius 2 is 2.19 bits per heavy atom. The molecule has 4 heteroatoms. The van der Waals surface area contributed by atoms with E-state index in [9.17, 15) is 0 Å². The Balaban J connectivity index is 1.57. The highest BCUT2D eigenvalue weighted by Crippen LogP contribution is 2.27. The molecule has 0 saturated heterocycles. The second-order valence-electron chi connectivity index (χ2n) is 5.54. The zero-order valence-electron chi connectivity index (χ0n) is 12.0. The van der Waals surface area contributed by atoms with Gasteiger partial charge in [-0.1, -0.05) is 18.2 Å². The monoisotopic (exact) mass is 278 g/mol. The van der Waals surface area contributed by atoms with E-state index in [1.807, 2.05) is 6.92 Å². The highest BCUT2D eigenvalue weighted by atomic mass is 14.9. The fraction of sp³-hybridized carbons (Fsp3) is 0.235. The lowest BCUT2D eigenvalue weighted by atomic mass is 10.1. The lowest BCUT2D eigenvalue weighted by molar-refractivity contribution is 1.11. The standard InChI is InChI=1S/C17H18N4/c1-11-20-15-6-5-14(9-16(15)21-11)19-10-13-4-2-3-12-7-8-18-17(12)13/h2-6,9,18-19H,7-8,10H2,1H3,(H,20,21). The van der Waals surface area contributed by atoms with E-state index in [1.54, 1.807) is 0 Å². The lowest BCUT2D eigenvalue weighted by Gasteiger charge is -2.11. The largest absolute Gasteiger partial charge is 0.384 e. The van der Waals surface area contributed by atoms with Crippen molar-refractivity contribution in [3.05, 3.63) is 53.3 Å². The molecule has 0 atom stereocenters. The number of aromatic nitrogens is 2. The van der Waals surface area contributed by atoms with Crippen LogP contribution in [0.5, 0.6) is 0 Å². The molecule has 1 aliphatic heterocycles. The van der Waals surface area contributed by atoms with Crippen LogP contribution in [0.25, 0.3) is 11.0 Å². The number of H-pyrrole nitrogens is 1. The van der Waals surface area contributed by atoms with E-state index in [2.05, 4.69) is 57.0 Å².